The number of hydrogen-bond acceptors (Lipinski definition) is 3. The molecule has 7 heteroatoms. The maximum Gasteiger partial charge on any atom is 0.488 e. The Morgan fingerprint density at radius 3 is 2.35 bits per heavy atom. The summed E-state index contributed by atoms with van der Waals surface area (Å²) in [6.45, 7) is -0.240. The van der Waals surface area contributed by atoms with Crippen LogP contribution in [0.2, 0.25) is 0 Å². The molecule has 0 spiro atoms. The normalized spacial score (nSPS) is 10.4. The summed E-state index contributed by atoms with van der Waals surface area (Å²) in [4.78, 5) is 0. The van der Waals surface area contributed by atoms with E-state index in [0.29, 0.717) is 6.07 Å². The van der Waals surface area contributed by atoms with E-state index < -0.39 is 24.6 Å². The van der Waals surface area contributed by atoms with E-state index in [-0.39, 0.29) is 23.4 Å². The molecule has 0 radical (unpaired) electrons. The summed E-state index contributed by atoms with van der Waals surface area (Å²) in [6.07, 6.45) is 0. The molecule has 2 aromatic carbocycles. The van der Waals surface area contributed by atoms with Gasteiger partial charge in [-0.3, -0.25) is 0 Å². The number of benzene rings is 2. The van der Waals surface area contributed by atoms with E-state index >= 15 is 0 Å². The van der Waals surface area contributed by atoms with Crippen LogP contribution in [-0.4, -0.2) is 17.2 Å². The van der Waals surface area contributed by atoms with Crippen molar-refractivity contribution in [2.75, 3.05) is 0 Å². The van der Waals surface area contributed by atoms with Crippen LogP contribution in [0.3, 0.4) is 0 Å². The summed E-state index contributed by atoms with van der Waals surface area (Å²) in [7, 11) is -1.84. The lowest BCUT2D eigenvalue weighted by Gasteiger charge is -2.09. The first-order valence-corrected chi connectivity index (χ1v) is 5.69. The first kappa shape index (κ1) is 14.4. The highest BCUT2D eigenvalue weighted by Gasteiger charge is 2.14. The van der Waals surface area contributed by atoms with Crippen molar-refractivity contribution in [3.8, 4) is 5.75 Å². The topological polar surface area (TPSA) is 49.7 Å². The van der Waals surface area contributed by atoms with E-state index in [1.807, 2.05) is 0 Å². The number of hydrogen-bond donors (Lipinski definition) is 2. The molecule has 0 unspecified atom stereocenters. The van der Waals surface area contributed by atoms with Crippen LogP contribution in [0.15, 0.2) is 36.4 Å². The lowest BCUT2D eigenvalue weighted by Crippen LogP contribution is -2.30. The van der Waals surface area contributed by atoms with E-state index in [9.17, 15) is 13.2 Å². The zero-order valence-electron chi connectivity index (χ0n) is 10.2. The van der Waals surface area contributed by atoms with E-state index in [0.717, 1.165) is 18.2 Å². The lowest BCUT2D eigenvalue weighted by molar-refractivity contribution is 0.298. The molecule has 0 aromatic heterocycles. The molecule has 2 N–H and O–H groups in total. The van der Waals surface area contributed by atoms with Crippen LogP contribution in [0.25, 0.3) is 0 Å². The van der Waals surface area contributed by atoms with Crippen LogP contribution >= 0.6 is 0 Å². The van der Waals surface area contributed by atoms with Crippen molar-refractivity contribution in [2.45, 2.75) is 6.61 Å². The Labute approximate surface area is 113 Å². The zero-order valence-corrected chi connectivity index (χ0v) is 10.2. The van der Waals surface area contributed by atoms with Crippen LogP contribution in [0.4, 0.5) is 13.2 Å². The predicted molar refractivity (Wildman–Crippen MR) is 66.9 cm³/mol. The van der Waals surface area contributed by atoms with Gasteiger partial charge in [-0.1, -0.05) is 0 Å². The third kappa shape index (κ3) is 3.52. The van der Waals surface area contributed by atoms with Gasteiger partial charge in [0.05, 0.1) is 0 Å². The van der Waals surface area contributed by atoms with Crippen molar-refractivity contribution in [3.05, 3.63) is 59.4 Å². The minimum absolute atomic E-state index is 0.0109. The smallest absolute Gasteiger partial charge is 0.488 e. The Morgan fingerprint density at radius 2 is 1.70 bits per heavy atom. The summed E-state index contributed by atoms with van der Waals surface area (Å²) in [5, 5.41) is 17.9. The van der Waals surface area contributed by atoms with Crippen molar-refractivity contribution in [2.24, 2.45) is 0 Å². The third-order valence-electron chi connectivity index (χ3n) is 2.60. The fourth-order valence-electron chi connectivity index (χ4n) is 1.62. The van der Waals surface area contributed by atoms with Gasteiger partial charge in [0.2, 0.25) is 0 Å². The Hall–Kier alpha value is -1.99. The molecule has 20 heavy (non-hydrogen) atoms. The molecule has 3 nitrogen and oxygen atoms in total. The molecule has 0 aliphatic rings. The zero-order chi connectivity index (χ0) is 14.7. The summed E-state index contributed by atoms with van der Waals surface area (Å²) in [5.74, 6) is -2.19. The number of halogens is 3. The molecule has 0 bridgehead atoms. The van der Waals surface area contributed by atoms with Crippen LogP contribution in [0.5, 0.6) is 5.75 Å². The van der Waals surface area contributed by atoms with Crippen LogP contribution in [-0.2, 0) is 6.61 Å². The van der Waals surface area contributed by atoms with Gasteiger partial charge in [0, 0.05) is 17.7 Å². The Bertz CT molecular complexity index is 620. The van der Waals surface area contributed by atoms with Gasteiger partial charge in [-0.2, -0.15) is 0 Å². The second kappa shape index (κ2) is 5.98. The highest BCUT2D eigenvalue weighted by atomic mass is 19.1. The molecule has 0 fully saturated rings. The average molecular weight is 282 g/mol. The highest BCUT2D eigenvalue weighted by molar-refractivity contribution is 6.58. The molecule has 0 saturated heterocycles. The summed E-state index contributed by atoms with van der Waals surface area (Å²) in [5.41, 5.74) is 0.0151. The van der Waals surface area contributed by atoms with Crippen molar-refractivity contribution < 1.29 is 28.0 Å². The molecule has 2 aromatic rings. The van der Waals surface area contributed by atoms with Crippen LogP contribution in [0.1, 0.15) is 5.56 Å². The standard InChI is InChI=1S/C13H10BF3O3/c15-10-2-1-8(13(17)6-10)7-20-12-4-9(14(18)19)3-11(16)5-12/h1-6,18-19H,7H2. The Kier molecular flexibility index (Phi) is 4.31. The Morgan fingerprint density at radius 1 is 0.950 bits per heavy atom. The van der Waals surface area contributed by atoms with Crippen molar-refractivity contribution >= 4 is 12.6 Å². The molecule has 104 valence electrons. The fourth-order valence-corrected chi connectivity index (χ4v) is 1.62. The van der Waals surface area contributed by atoms with Gasteiger partial charge in [-0.25, -0.2) is 13.2 Å². The molecule has 0 saturated carbocycles. The number of ether oxygens (including phenoxy) is 1. The minimum atomic E-state index is -1.84. The first-order chi connectivity index (χ1) is 9.45. The van der Waals surface area contributed by atoms with Crippen LogP contribution < -0.4 is 10.2 Å². The van der Waals surface area contributed by atoms with Gasteiger partial charge >= 0.3 is 7.12 Å². The first-order valence-electron chi connectivity index (χ1n) is 5.69. The van der Waals surface area contributed by atoms with E-state index in [2.05, 4.69) is 0 Å². The maximum absolute atomic E-state index is 13.4. The SMILES string of the molecule is OB(O)c1cc(F)cc(OCc2ccc(F)cc2F)c1. The monoisotopic (exact) mass is 282 g/mol. The number of rotatable bonds is 4. The second-order valence-corrected chi connectivity index (χ2v) is 4.12. The highest BCUT2D eigenvalue weighted by Crippen LogP contribution is 2.16. The lowest BCUT2D eigenvalue weighted by atomic mass is 9.80. The van der Waals surface area contributed by atoms with E-state index in [4.69, 9.17) is 14.8 Å². The third-order valence-corrected chi connectivity index (χ3v) is 2.60. The van der Waals surface area contributed by atoms with Gasteiger partial charge in [0.15, 0.2) is 0 Å². The van der Waals surface area contributed by atoms with E-state index in [1.54, 1.807) is 0 Å². The van der Waals surface area contributed by atoms with Crippen molar-refractivity contribution in [3.63, 3.8) is 0 Å². The summed E-state index contributed by atoms with van der Waals surface area (Å²) >= 11 is 0. The minimum Gasteiger partial charge on any atom is -0.489 e. The largest absolute Gasteiger partial charge is 0.489 e. The molecule has 0 amide bonds. The van der Waals surface area contributed by atoms with Gasteiger partial charge in [-0.15, -0.1) is 0 Å². The molecule has 0 aliphatic carbocycles. The predicted octanol–water partition coefficient (Wildman–Crippen LogP) is 1.36. The summed E-state index contributed by atoms with van der Waals surface area (Å²) < 4.78 is 44.5. The molecule has 0 heterocycles. The average Bonchev–Trinajstić information content (AvgIpc) is 2.37. The molecule has 2 rings (SSSR count). The van der Waals surface area contributed by atoms with Gasteiger partial charge in [0.1, 0.15) is 29.8 Å². The van der Waals surface area contributed by atoms with Crippen molar-refractivity contribution in [1.82, 2.24) is 0 Å². The van der Waals surface area contributed by atoms with Gasteiger partial charge < -0.3 is 14.8 Å². The molecular weight excluding hydrogens is 272 g/mol. The molecule has 0 aliphatic heterocycles. The molecule has 0 atom stereocenters. The maximum atomic E-state index is 13.4. The fraction of sp³-hybridized carbons (Fsp3) is 0.0769. The van der Waals surface area contributed by atoms with E-state index in [1.165, 1.54) is 12.1 Å². The second-order valence-electron chi connectivity index (χ2n) is 4.12. The van der Waals surface area contributed by atoms with Crippen molar-refractivity contribution in [1.29, 1.82) is 0 Å². The van der Waals surface area contributed by atoms with Gasteiger partial charge in [-0.05, 0) is 29.7 Å². The van der Waals surface area contributed by atoms with Crippen LogP contribution in [0, 0.1) is 17.5 Å². The summed E-state index contributed by atoms with van der Waals surface area (Å²) in [6, 6.07) is 6.19. The van der Waals surface area contributed by atoms with Gasteiger partial charge in [0.25, 0.3) is 0 Å². The quantitative estimate of drug-likeness (QED) is 0.832. The molecular formula is C13H10BF3O3. The Balaban J connectivity index is 2.14.